The van der Waals surface area contributed by atoms with Crippen LogP contribution in [-0.2, 0) is 6.42 Å². The quantitative estimate of drug-likeness (QED) is 0.895. The molecule has 2 atom stereocenters. The van der Waals surface area contributed by atoms with Crippen LogP contribution in [0.2, 0.25) is 0 Å². The minimum absolute atomic E-state index is 0.274. The zero-order chi connectivity index (χ0) is 13.0. The van der Waals surface area contributed by atoms with Crippen LogP contribution in [0.15, 0.2) is 28.7 Å². The fourth-order valence-corrected chi connectivity index (χ4v) is 3.25. The van der Waals surface area contributed by atoms with Gasteiger partial charge in [0.2, 0.25) is 0 Å². The predicted molar refractivity (Wildman–Crippen MR) is 76.4 cm³/mol. The first-order valence-electron chi connectivity index (χ1n) is 6.78. The van der Waals surface area contributed by atoms with E-state index in [1.165, 1.54) is 19.3 Å². The van der Waals surface area contributed by atoms with Gasteiger partial charge in [-0.15, -0.1) is 0 Å². The lowest BCUT2D eigenvalue weighted by molar-refractivity contribution is -0.0264. The van der Waals surface area contributed by atoms with Crippen LogP contribution in [0.3, 0.4) is 0 Å². The molecule has 1 fully saturated rings. The summed E-state index contributed by atoms with van der Waals surface area (Å²) in [4.78, 5) is 0. The van der Waals surface area contributed by atoms with Gasteiger partial charge in [-0.2, -0.15) is 0 Å². The smallest absolute Gasteiger partial charge is 0.0842 e. The van der Waals surface area contributed by atoms with Crippen molar-refractivity contribution in [2.45, 2.75) is 50.7 Å². The number of rotatable bonds is 4. The van der Waals surface area contributed by atoms with Crippen LogP contribution in [0, 0.1) is 5.92 Å². The van der Waals surface area contributed by atoms with Crippen LogP contribution < -0.4 is 0 Å². The first-order chi connectivity index (χ1) is 8.68. The molecule has 18 heavy (non-hydrogen) atoms. The Hall–Kier alpha value is -0.380. The van der Waals surface area contributed by atoms with E-state index in [0.29, 0.717) is 6.42 Å². The molecule has 1 aromatic carbocycles. The lowest BCUT2D eigenvalue weighted by Crippen LogP contribution is -2.36. The van der Waals surface area contributed by atoms with Crippen LogP contribution in [0.5, 0.6) is 0 Å². The van der Waals surface area contributed by atoms with Crippen LogP contribution in [-0.4, -0.2) is 22.4 Å². The Bertz CT molecular complexity index is 375. The maximum absolute atomic E-state index is 10.2. The molecule has 0 aliphatic heterocycles. The Morgan fingerprint density at radius 3 is 2.44 bits per heavy atom. The second-order valence-corrected chi connectivity index (χ2v) is 6.11. The fraction of sp³-hybridized carbons (Fsp3) is 0.600. The van der Waals surface area contributed by atoms with Crippen molar-refractivity contribution < 1.29 is 10.2 Å². The topological polar surface area (TPSA) is 40.5 Å². The summed E-state index contributed by atoms with van der Waals surface area (Å²) in [6, 6.07) is 7.87. The molecule has 0 heterocycles. The van der Waals surface area contributed by atoms with Gasteiger partial charge in [0.15, 0.2) is 0 Å². The lowest BCUT2D eigenvalue weighted by Gasteiger charge is -2.29. The van der Waals surface area contributed by atoms with Gasteiger partial charge >= 0.3 is 0 Å². The summed E-state index contributed by atoms with van der Waals surface area (Å²) >= 11 is 3.48. The summed E-state index contributed by atoms with van der Waals surface area (Å²) in [5.74, 6) is 0.274. The maximum atomic E-state index is 10.2. The van der Waals surface area contributed by atoms with Gasteiger partial charge in [-0.25, -0.2) is 0 Å². The molecule has 0 aromatic heterocycles. The van der Waals surface area contributed by atoms with E-state index in [-0.39, 0.29) is 5.92 Å². The highest BCUT2D eigenvalue weighted by molar-refractivity contribution is 9.10. The Morgan fingerprint density at radius 1 is 1.11 bits per heavy atom. The molecule has 0 saturated heterocycles. The van der Waals surface area contributed by atoms with Crippen molar-refractivity contribution in [2.75, 3.05) is 0 Å². The first kappa shape index (κ1) is 14.0. The van der Waals surface area contributed by atoms with Crippen LogP contribution in [0.25, 0.3) is 0 Å². The van der Waals surface area contributed by atoms with Gasteiger partial charge in [0, 0.05) is 10.9 Å². The van der Waals surface area contributed by atoms with Crippen molar-refractivity contribution >= 4 is 15.9 Å². The molecule has 1 saturated carbocycles. The number of hydrogen-bond acceptors (Lipinski definition) is 2. The van der Waals surface area contributed by atoms with Gasteiger partial charge in [-0.1, -0.05) is 53.4 Å². The third-order valence-corrected chi connectivity index (χ3v) is 4.69. The van der Waals surface area contributed by atoms with E-state index >= 15 is 0 Å². The molecule has 2 rings (SSSR count). The average Bonchev–Trinajstić information content (AvgIpc) is 2.41. The average molecular weight is 313 g/mol. The van der Waals surface area contributed by atoms with E-state index in [9.17, 15) is 10.2 Å². The van der Waals surface area contributed by atoms with E-state index in [1.54, 1.807) is 0 Å². The highest BCUT2D eigenvalue weighted by Crippen LogP contribution is 2.29. The first-order valence-corrected chi connectivity index (χ1v) is 7.57. The molecule has 0 bridgehead atoms. The van der Waals surface area contributed by atoms with Crippen molar-refractivity contribution in [1.29, 1.82) is 0 Å². The zero-order valence-electron chi connectivity index (χ0n) is 10.6. The van der Waals surface area contributed by atoms with Gasteiger partial charge in [-0.05, 0) is 30.4 Å². The molecule has 1 aliphatic rings. The zero-order valence-corrected chi connectivity index (χ0v) is 12.1. The third kappa shape index (κ3) is 3.56. The number of hydrogen-bond donors (Lipinski definition) is 2. The summed E-state index contributed by atoms with van der Waals surface area (Å²) in [6.07, 6.45) is 5.00. The van der Waals surface area contributed by atoms with Crippen LogP contribution >= 0.6 is 15.9 Å². The molecule has 3 heteroatoms. The van der Waals surface area contributed by atoms with Crippen molar-refractivity contribution in [2.24, 2.45) is 5.92 Å². The van der Waals surface area contributed by atoms with Crippen LogP contribution in [0.4, 0.5) is 0 Å². The summed E-state index contributed by atoms with van der Waals surface area (Å²) in [6.45, 7) is 0. The van der Waals surface area contributed by atoms with Gasteiger partial charge in [0.1, 0.15) is 0 Å². The van der Waals surface area contributed by atoms with E-state index in [1.807, 2.05) is 24.3 Å². The monoisotopic (exact) mass is 312 g/mol. The minimum atomic E-state index is -0.660. The molecule has 0 spiro atoms. The summed E-state index contributed by atoms with van der Waals surface area (Å²) < 4.78 is 1.000. The fourth-order valence-electron chi connectivity index (χ4n) is 2.80. The molecule has 0 amide bonds. The minimum Gasteiger partial charge on any atom is -0.390 e. The number of aliphatic hydroxyl groups is 2. The SMILES string of the molecule is OC(Cc1ccccc1Br)C(O)C1CCCCC1. The second-order valence-electron chi connectivity index (χ2n) is 5.25. The Balaban J connectivity index is 1.94. The normalized spacial score (nSPS) is 20.6. The van der Waals surface area contributed by atoms with Crippen molar-refractivity contribution in [3.05, 3.63) is 34.3 Å². The number of benzene rings is 1. The highest BCUT2D eigenvalue weighted by atomic mass is 79.9. The third-order valence-electron chi connectivity index (χ3n) is 3.91. The Kier molecular flexibility index (Phi) is 5.22. The molecule has 1 aliphatic carbocycles. The molecule has 2 unspecified atom stereocenters. The Labute approximate surface area is 117 Å². The van der Waals surface area contributed by atoms with Gasteiger partial charge in [-0.3, -0.25) is 0 Å². The molecule has 0 radical (unpaired) electrons. The van der Waals surface area contributed by atoms with Crippen molar-refractivity contribution in [3.63, 3.8) is 0 Å². The molecule has 2 N–H and O–H groups in total. The molecular formula is C15H21BrO2. The van der Waals surface area contributed by atoms with E-state index < -0.39 is 12.2 Å². The summed E-state index contributed by atoms with van der Waals surface area (Å²) in [7, 11) is 0. The van der Waals surface area contributed by atoms with Gasteiger partial charge in [0.05, 0.1) is 12.2 Å². The highest BCUT2D eigenvalue weighted by Gasteiger charge is 2.27. The number of halogens is 1. The van der Waals surface area contributed by atoms with Gasteiger partial charge < -0.3 is 10.2 Å². The van der Waals surface area contributed by atoms with E-state index in [4.69, 9.17) is 0 Å². The molecule has 2 nitrogen and oxygen atoms in total. The van der Waals surface area contributed by atoms with Crippen molar-refractivity contribution in [3.8, 4) is 0 Å². The second kappa shape index (κ2) is 6.69. The molecule has 100 valence electrons. The van der Waals surface area contributed by atoms with Crippen molar-refractivity contribution in [1.82, 2.24) is 0 Å². The van der Waals surface area contributed by atoms with Crippen LogP contribution in [0.1, 0.15) is 37.7 Å². The molecular weight excluding hydrogens is 292 g/mol. The predicted octanol–water partition coefficient (Wildman–Crippen LogP) is 3.29. The maximum Gasteiger partial charge on any atom is 0.0842 e. The summed E-state index contributed by atoms with van der Waals surface area (Å²) in [5, 5.41) is 20.4. The summed E-state index contributed by atoms with van der Waals surface area (Å²) in [5.41, 5.74) is 1.06. The lowest BCUT2D eigenvalue weighted by atomic mass is 9.82. The van der Waals surface area contributed by atoms with E-state index in [0.717, 1.165) is 22.9 Å². The van der Waals surface area contributed by atoms with Gasteiger partial charge in [0.25, 0.3) is 0 Å². The standard InChI is InChI=1S/C15H21BrO2/c16-13-9-5-4-8-12(13)10-14(17)15(18)11-6-2-1-3-7-11/h4-5,8-9,11,14-15,17-18H,1-3,6-7,10H2. The Morgan fingerprint density at radius 2 is 1.78 bits per heavy atom. The largest absolute Gasteiger partial charge is 0.390 e. The molecule has 1 aromatic rings. The number of aliphatic hydroxyl groups excluding tert-OH is 2. The van der Waals surface area contributed by atoms with E-state index in [2.05, 4.69) is 15.9 Å².